The molecule has 0 aliphatic rings. The van der Waals surface area contributed by atoms with Crippen LogP contribution in [0.3, 0.4) is 0 Å². The number of hydrogen-bond donors (Lipinski definition) is 1. The highest BCUT2D eigenvalue weighted by Crippen LogP contribution is 2.37. The summed E-state index contributed by atoms with van der Waals surface area (Å²) >= 11 is 6.61. The Bertz CT molecular complexity index is 756. The predicted molar refractivity (Wildman–Crippen MR) is 85.4 cm³/mol. The Labute approximate surface area is 144 Å². The Morgan fingerprint density at radius 3 is 2.42 bits per heavy atom. The molecule has 4 nitrogen and oxygen atoms in total. The maximum Gasteiger partial charge on any atom is 0.471 e. The summed E-state index contributed by atoms with van der Waals surface area (Å²) in [5, 5.41) is 3.44. The zero-order valence-corrected chi connectivity index (χ0v) is 13.8. The van der Waals surface area contributed by atoms with Gasteiger partial charge in [0.15, 0.2) is 0 Å². The van der Waals surface area contributed by atoms with Crippen LogP contribution < -0.4 is 5.32 Å². The van der Waals surface area contributed by atoms with Crippen molar-refractivity contribution in [3.8, 4) is 11.1 Å². The molecule has 0 aliphatic heterocycles. The number of amides is 1. The van der Waals surface area contributed by atoms with Crippen LogP contribution >= 0.6 is 22.9 Å². The highest BCUT2D eigenvalue weighted by atomic mass is 35.5. The van der Waals surface area contributed by atoms with Gasteiger partial charge in [-0.2, -0.15) is 13.2 Å². The van der Waals surface area contributed by atoms with Crippen LogP contribution in [0.25, 0.3) is 11.1 Å². The molecule has 0 saturated carbocycles. The highest BCUT2D eigenvalue weighted by Gasteiger charge is 2.39. The van der Waals surface area contributed by atoms with Gasteiger partial charge in [0.2, 0.25) is 0 Å². The summed E-state index contributed by atoms with van der Waals surface area (Å²) in [6.45, 7) is 1.61. The summed E-state index contributed by atoms with van der Waals surface area (Å²) in [6.07, 6.45) is -5.06. The van der Waals surface area contributed by atoms with Gasteiger partial charge in [0, 0.05) is 16.0 Å². The third-order valence-corrected chi connectivity index (χ3v) is 4.06. The average Bonchev–Trinajstić information content (AvgIpc) is 2.91. The maximum atomic E-state index is 12.5. The van der Waals surface area contributed by atoms with Crippen molar-refractivity contribution in [1.82, 2.24) is 0 Å². The van der Waals surface area contributed by atoms with Crippen LogP contribution in [0.1, 0.15) is 17.3 Å². The number of nitrogens with one attached hydrogen (secondary N) is 1. The van der Waals surface area contributed by atoms with E-state index in [2.05, 4.69) is 0 Å². The number of rotatable bonds is 4. The van der Waals surface area contributed by atoms with Crippen molar-refractivity contribution < 1.29 is 27.5 Å². The van der Waals surface area contributed by atoms with Gasteiger partial charge in [0.25, 0.3) is 0 Å². The molecule has 0 spiro atoms. The molecule has 0 aliphatic carbocycles. The quantitative estimate of drug-likeness (QED) is 0.782. The molecule has 0 unspecified atom stereocenters. The van der Waals surface area contributed by atoms with Crippen LogP contribution in [0.5, 0.6) is 0 Å². The number of halogens is 4. The number of carbonyl (C=O) groups is 2. The van der Waals surface area contributed by atoms with Gasteiger partial charge in [0.1, 0.15) is 10.6 Å². The number of esters is 1. The van der Waals surface area contributed by atoms with Gasteiger partial charge in [-0.25, -0.2) is 4.79 Å². The van der Waals surface area contributed by atoms with Crippen molar-refractivity contribution in [1.29, 1.82) is 0 Å². The zero-order chi connectivity index (χ0) is 17.9. The van der Waals surface area contributed by atoms with Crippen molar-refractivity contribution in [2.75, 3.05) is 11.9 Å². The van der Waals surface area contributed by atoms with Crippen molar-refractivity contribution in [3.63, 3.8) is 0 Å². The van der Waals surface area contributed by atoms with Gasteiger partial charge in [-0.15, -0.1) is 11.3 Å². The van der Waals surface area contributed by atoms with Crippen molar-refractivity contribution in [3.05, 3.63) is 40.2 Å². The summed E-state index contributed by atoms with van der Waals surface area (Å²) in [6, 6.07) is 6.39. The smallest absolute Gasteiger partial charge is 0.462 e. The lowest BCUT2D eigenvalue weighted by atomic mass is 10.0. The monoisotopic (exact) mass is 377 g/mol. The van der Waals surface area contributed by atoms with Gasteiger partial charge in [0.05, 0.1) is 6.61 Å². The van der Waals surface area contributed by atoms with E-state index in [4.69, 9.17) is 16.3 Å². The lowest BCUT2D eigenvalue weighted by Gasteiger charge is -2.10. The van der Waals surface area contributed by atoms with Crippen molar-refractivity contribution in [2.24, 2.45) is 0 Å². The topological polar surface area (TPSA) is 55.4 Å². The second-order valence-corrected chi connectivity index (χ2v) is 5.85. The molecule has 0 radical (unpaired) electrons. The molecule has 0 fully saturated rings. The Balaban J connectivity index is 2.47. The lowest BCUT2D eigenvalue weighted by Crippen LogP contribution is -2.30. The van der Waals surface area contributed by atoms with E-state index < -0.39 is 18.1 Å². The molecule has 24 heavy (non-hydrogen) atoms. The fraction of sp³-hybridized carbons (Fsp3) is 0.200. The summed E-state index contributed by atoms with van der Waals surface area (Å²) in [7, 11) is 0. The van der Waals surface area contributed by atoms with E-state index in [0.29, 0.717) is 16.1 Å². The van der Waals surface area contributed by atoms with Gasteiger partial charge < -0.3 is 10.1 Å². The third-order valence-electron chi connectivity index (χ3n) is 2.91. The van der Waals surface area contributed by atoms with E-state index in [1.807, 2.05) is 0 Å². The van der Waals surface area contributed by atoms with Gasteiger partial charge in [-0.1, -0.05) is 23.7 Å². The van der Waals surface area contributed by atoms with Crippen molar-refractivity contribution in [2.45, 2.75) is 13.1 Å². The number of ether oxygens (including phenoxy) is 1. The van der Waals surface area contributed by atoms with E-state index in [1.165, 1.54) is 5.38 Å². The van der Waals surface area contributed by atoms with Crippen LogP contribution in [-0.2, 0) is 9.53 Å². The first-order valence-corrected chi connectivity index (χ1v) is 7.92. The normalized spacial score (nSPS) is 11.2. The Morgan fingerprint density at radius 2 is 1.88 bits per heavy atom. The Hall–Kier alpha value is -2.06. The molecule has 1 N–H and O–H groups in total. The molecule has 0 saturated heterocycles. The number of alkyl halides is 3. The summed E-state index contributed by atoms with van der Waals surface area (Å²) in [5.41, 5.74) is 0.792. The second-order valence-electron chi connectivity index (χ2n) is 4.53. The average molecular weight is 378 g/mol. The number of carbonyl (C=O) groups excluding carboxylic acids is 2. The minimum Gasteiger partial charge on any atom is -0.462 e. The Morgan fingerprint density at radius 1 is 1.25 bits per heavy atom. The van der Waals surface area contributed by atoms with E-state index in [-0.39, 0.29) is 17.2 Å². The van der Waals surface area contributed by atoms with Crippen LogP contribution in [0, 0.1) is 0 Å². The Kier molecular flexibility index (Phi) is 5.51. The standard InChI is InChI=1S/C15H11ClF3NO3S/c1-2-23-13(21)11-10(8-3-5-9(16)6-4-8)7-24-12(11)20-14(22)15(17,18)19/h3-7H,2H2,1H3,(H,20,22). The van der Waals surface area contributed by atoms with E-state index >= 15 is 0 Å². The first-order valence-electron chi connectivity index (χ1n) is 6.66. The van der Waals surface area contributed by atoms with Crippen molar-refractivity contribution >= 4 is 39.8 Å². The van der Waals surface area contributed by atoms with Crippen LogP contribution in [-0.4, -0.2) is 24.7 Å². The number of hydrogen-bond acceptors (Lipinski definition) is 4. The summed E-state index contributed by atoms with van der Waals surface area (Å²) < 4.78 is 42.2. The zero-order valence-electron chi connectivity index (χ0n) is 12.2. The van der Waals surface area contributed by atoms with Crippen LogP contribution in [0.2, 0.25) is 5.02 Å². The lowest BCUT2D eigenvalue weighted by molar-refractivity contribution is -0.167. The molecule has 1 heterocycles. The number of benzene rings is 1. The van der Waals surface area contributed by atoms with E-state index in [0.717, 1.165) is 11.3 Å². The van der Waals surface area contributed by atoms with E-state index in [9.17, 15) is 22.8 Å². The first kappa shape index (κ1) is 18.3. The maximum absolute atomic E-state index is 12.5. The van der Waals surface area contributed by atoms with Crippen LogP contribution in [0.15, 0.2) is 29.6 Å². The van der Waals surface area contributed by atoms with Gasteiger partial charge >= 0.3 is 18.1 Å². The van der Waals surface area contributed by atoms with Gasteiger partial charge in [-0.3, -0.25) is 4.79 Å². The van der Waals surface area contributed by atoms with E-state index in [1.54, 1.807) is 36.5 Å². The fourth-order valence-corrected chi connectivity index (χ4v) is 2.95. The third kappa shape index (κ3) is 4.07. The molecule has 0 bridgehead atoms. The molecule has 128 valence electrons. The fourth-order valence-electron chi connectivity index (χ4n) is 1.87. The number of thiophene rings is 1. The molecule has 2 rings (SSSR count). The molecule has 1 aromatic carbocycles. The molecule has 1 amide bonds. The first-order chi connectivity index (χ1) is 11.2. The molecular weight excluding hydrogens is 367 g/mol. The molecule has 0 atom stereocenters. The highest BCUT2D eigenvalue weighted by molar-refractivity contribution is 7.15. The molecule has 2 aromatic rings. The summed E-state index contributed by atoms with van der Waals surface area (Å²) in [4.78, 5) is 23.3. The largest absolute Gasteiger partial charge is 0.471 e. The minimum atomic E-state index is -5.06. The molecular formula is C15H11ClF3NO3S. The summed E-state index contributed by atoms with van der Waals surface area (Å²) in [5.74, 6) is -2.97. The van der Waals surface area contributed by atoms with Crippen LogP contribution in [0.4, 0.5) is 18.2 Å². The number of anilines is 1. The molecule has 1 aromatic heterocycles. The second kappa shape index (κ2) is 7.23. The minimum absolute atomic E-state index is 0.0431. The SMILES string of the molecule is CCOC(=O)c1c(-c2ccc(Cl)cc2)csc1NC(=O)C(F)(F)F. The van der Waals surface area contributed by atoms with Gasteiger partial charge in [-0.05, 0) is 24.6 Å². The predicted octanol–water partition coefficient (Wildman–Crippen LogP) is 4.75. The molecule has 9 heteroatoms.